The molecule has 2 rings (SSSR count). The lowest BCUT2D eigenvalue weighted by Crippen LogP contribution is -2.37. The second kappa shape index (κ2) is 5.25. The van der Waals surface area contributed by atoms with Gasteiger partial charge in [-0.2, -0.15) is 0 Å². The number of nitrogens with zero attached hydrogens (tertiary/aromatic N) is 1. The smallest absolute Gasteiger partial charge is 0.308 e. The SMILES string of the molecule is CC(CN(Cc1ccco1)C(=O)C1CC1)C(=O)O. The predicted octanol–water partition coefficient (Wildman–Crippen LogP) is 1.74. The van der Waals surface area contributed by atoms with E-state index in [4.69, 9.17) is 9.52 Å². The third-order valence-corrected chi connectivity index (χ3v) is 3.08. The first kappa shape index (κ1) is 12.7. The lowest BCUT2D eigenvalue weighted by Gasteiger charge is -2.23. The van der Waals surface area contributed by atoms with Crippen molar-refractivity contribution in [3.05, 3.63) is 24.2 Å². The number of carboxylic acids is 1. The molecule has 1 heterocycles. The molecule has 1 N–H and O–H groups in total. The number of aliphatic carboxylic acids is 1. The molecule has 0 radical (unpaired) electrons. The normalized spacial score (nSPS) is 16.3. The van der Waals surface area contributed by atoms with Gasteiger partial charge in [0.15, 0.2) is 0 Å². The molecule has 5 heteroatoms. The van der Waals surface area contributed by atoms with Crippen LogP contribution in [0.5, 0.6) is 0 Å². The van der Waals surface area contributed by atoms with E-state index in [0.717, 1.165) is 12.8 Å². The highest BCUT2D eigenvalue weighted by molar-refractivity contribution is 5.81. The maximum atomic E-state index is 12.1. The van der Waals surface area contributed by atoms with Crippen molar-refractivity contribution in [3.8, 4) is 0 Å². The summed E-state index contributed by atoms with van der Waals surface area (Å²) in [5.74, 6) is -0.646. The number of hydrogen-bond acceptors (Lipinski definition) is 3. The largest absolute Gasteiger partial charge is 0.481 e. The lowest BCUT2D eigenvalue weighted by molar-refractivity contribution is -0.143. The first-order valence-electron chi connectivity index (χ1n) is 6.12. The molecule has 18 heavy (non-hydrogen) atoms. The van der Waals surface area contributed by atoms with E-state index >= 15 is 0 Å². The van der Waals surface area contributed by atoms with Gasteiger partial charge < -0.3 is 14.4 Å². The maximum Gasteiger partial charge on any atom is 0.308 e. The molecule has 1 saturated carbocycles. The molecule has 0 spiro atoms. The Bertz CT molecular complexity index is 422. The van der Waals surface area contributed by atoms with Crippen molar-refractivity contribution in [2.45, 2.75) is 26.3 Å². The van der Waals surface area contributed by atoms with Gasteiger partial charge in [-0.1, -0.05) is 6.92 Å². The van der Waals surface area contributed by atoms with Crippen LogP contribution in [0.1, 0.15) is 25.5 Å². The fraction of sp³-hybridized carbons (Fsp3) is 0.538. The van der Waals surface area contributed by atoms with Crippen molar-refractivity contribution >= 4 is 11.9 Å². The molecule has 98 valence electrons. The van der Waals surface area contributed by atoms with Crippen LogP contribution in [0.25, 0.3) is 0 Å². The zero-order valence-electron chi connectivity index (χ0n) is 10.3. The van der Waals surface area contributed by atoms with Crippen LogP contribution in [0.4, 0.5) is 0 Å². The first-order valence-corrected chi connectivity index (χ1v) is 6.12. The van der Waals surface area contributed by atoms with E-state index in [2.05, 4.69) is 0 Å². The van der Waals surface area contributed by atoms with Crippen molar-refractivity contribution in [1.29, 1.82) is 0 Å². The minimum Gasteiger partial charge on any atom is -0.481 e. The highest BCUT2D eigenvalue weighted by Gasteiger charge is 2.34. The van der Waals surface area contributed by atoms with E-state index in [1.807, 2.05) is 0 Å². The fourth-order valence-corrected chi connectivity index (χ4v) is 1.82. The van der Waals surface area contributed by atoms with Gasteiger partial charge in [0.05, 0.1) is 18.7 Å². The molecule has 1 atom stereocenters. The van der Waals surface area contributed by atoms with E-state index < -0.39 is 11.9 Å². The van der Waals surface area contributed by atoms with Gasteiger partial charge >= 0.3 is 5.97 Å². The summed E-state index contributed by atoms with van der Waals surface area (Å²) in [4.78, 5) is 24.6. The molecule has 1 aliphatic carbocycles. The summed E-state index contributed by atoms with van der Waals surface area (Å²) in [6.07, 6.45) is 3.37. The van der Waals surface area contributed by atoms with E-state index in [1.165, 1.54) is 0 Å². The Hall–Kier alpha value is -1.78. The van der Waals surface area contributed by atoms with Gasteiger partial charge in [-0.05, 0) is 25.0 Å². The summed E-state index contributed by atoms with van der Waals surface area (Å²) in [5.41, 5.74) is 0. The van der Waals surface area contributed by atoms with Crippen LogP contribution in [0.15, 0.2) is 22.8 Å². The summed E-state index contributed by atoms with van der Waals surface area (Å²) < 4.78 is 5.22. The van der Waals surface area contributed by atoms with Gasteiger partial charge in [0.25, 0.3) is 0 Å². The van der Waals surface area contributed by atoms with Crippen molar-refractivity contribution in [2.75, 3.05) is 6.54 Å². The third kappa shape index (κ3) is 3.12. The van der Waals surface area contributed by atoms with Gasteiger partial charge in [0.2, 0.25) is 5.91 Å². The summed E-state index contributed by atoms with van der Waals surface area (Å²) in [6.45, 7) is 2.18. The number of carbonyl (C=O) groups is 2. The minimum atomic E-state index is -0.886. The molecule has 1 amide bonds. The zero-order chi connectivity index (χ0) is 13.1. The minimum absolute atomic E-state index is 0.0412. The van der Waals surface area contributed by atoms with Crippen LogP contribution >= 0.6 is 0 Å². The van der Waals surface area contributed by atoms with E-state index in [-0.39, 0.29) is 18.4 Å². The molecular weight excluding hydrogens is 234 g/mol. The highest BCUT2D eigenvalue weighted by atomic mass is 16.4. The molecule has 1 unspecified atom stereocenters. The Morgan fingerprint density at radius 2 is 2.28 bits per heavy atom. The molecule has 0 aliphatic heterocycles. The van der Waals surface area contributed by atoms with Crippen molar-refractivity contribution in [1.82, 2.24) is 4.90 Å². The van der Waals surface area contributed by atoms with Gasteiger partial charge in [0, 0.05) is 12.5 Å². The van der Waals surface area contributed by atoms with Gasteiger partial charge in [-0.15, -0.1) is 0 Å². The molecule has 1 aromatic heterocycles. The van der Waals surface area contributed by atoms with Crippen molar-refractivity contribution in [3.63, 3.8) is 0 Å². The Morgan fingerprint density at radius 3 is 2.78 bits per heavy atom. The molecule has 0 bridgehead atoms. The Labute approximate surface area is 105 Å². The average molecular weight is 251 g/mol. The van der Waals surface area contributed by atoms with Crippen LogP contribution in [0, 0.1) is 11.8 Å². The number of carboxylic acid groups (broad SMARTS) is 1. The number of amides is 1. The van der Waals surface area contributed by atoms with Gasteiger partial charge in [0.1, 0.15) is 5.76 Å². The molecular formula is C13H17NO4. The summed E-state index contributed by atoms with van der Waals surface area (Å²) in [7, 11) is 0. The second-order valence-electron chi connectivity index (χ2n) is 4.81. The van der Waals surface area contributed by atoms with Crippen LogP contribution in [0.2, 0.25) is 0 Å². The lowest BCUT2D eigenvalue weighted by atomic mass is 10.1. The highest BCUT2D eigenvalue weighted by Crippen LogP contribution is 2.31. The van der Waals surface area contributed by atoms with Gasteiger partial charge in [-0.3, -0.25) is 9.59 Å². The van der Waals surface area contributed by atoms with Crippen LogP contribution < -0.4 is 0 Å². The summed E-state index contributed by atoms with van der Waals surface area (Å²) >= 11 is 0. The van der Waals surface area contributed by atoms with E-state index in [1.54, 1.807) is 30.2 Å². The summed E-state index contributed by atoms with van der Waals surface area (Å²) in [6, 6.07) is 3.55. The molecule has 0 saturated heterocycles. The number of carbonyl (C=O) groups excluding carboxylic acids is 1. The Balaban J connectivity index is 2.02. The molecule has 0 aromatic carbocycles. The van der Waals surface area contributed by atoms with E-state index in [9.17, 15) is 9.59 Å². The van der Waals surface area contributed by atoms with Crippen molar-refractivity contribution < 1.29 is 19.1 Å². The standard InChI is InChI=1S/C13H17NO4/c1-9(13(16)17)7-14(12(15)10-4-5-10)8-11-3-2-6-18-11/h2-3,6,9-10H,4-5,7-8H2,1H3,(H,16,17). The second-order valence-corrected chi connectivity index (χ2v) is 4.81. The average Bonchev–Trinajstić information content (AvgIpc) is 3.06. The number of hydrogen-bond donors (Lipinski definition) is 1. The molecule has 1 fully saturated rings. The Kier molecular flexibility index (Phi) is 3.69. The monoisotopic (exact) mass is 251 g/mol. The zero-order valence-corrected chi connectivity index (χ0v) is 10.3. The maximum absolute atomic E-state index is 12.1. The summed E-state index contributed by atoms with van der Waals surface area (Å²) in [5, 5.41) is 8.93. The van der Waals surface area contributed by atoms with Crippen LogP contribution in [0.3, 0.4) is 0 Å². The molecule has 5 nitrogen and oxygen atoms in total. The van der Waals surface area contributed by atoms with E-state index in [0.29, 0.717) is 12.3 Å². The van der Waals surface area contributed by atoms with Crippen molar-refractivity contribution in [2.24, 2.45) is 11.8 Å². The fourth-order valence-electron chi connectivity index (χ4n) is 1.82. The van der Waals surface area contributed by atoms with Gasteiger partial charge in [-0.25, -0.2) is 0 Å². The number of furan rings is 1. The molecule has 1 aromatic rings. The molecule has 1 aliphatic rings. The number of rotatable bonds is 6. The first-order chi connectivity index (χ1) is 8.58. The Morgan fingerprint density at radius 1 is 1.56 bits per heavy atom. The van der Waals surface area contributed by atoms with Crippen LogP contribution in [-0.2, 0) is 16.1 Å². The predicted molar refractivity (Wildman–Crippen MR) is 63.6 cm³/mol. The topological polar surface area (TPSA) is 70.8 Å². The quantitative estimate of drug-likeness (QED) is 0.836. The van der Waals surface area contributed by atoms with Crippen LogP contribution in [-0.4, -0.2) is 28.4 Å². The third-order valence-electron chi connectivity index (χ3n) is 3.08.